The molecule has 0 aliphatic carbocycles. The predicted octanol–water partition coefficient (Wildman–Crippen LogP) is 1.64. The third-order valence-corrected chi connectivity index (χ3v) is 7.20. The summed E-state index contributed by atoms with van der Waals surface area (Å²) in [6.45, 7) is 1.84. The molecule has 2 aliphatic heterocycles. The summed E-state index contributed by atoms with van der Waals surface area (Å²) in [6.07, 6.45) is 0.510. The summed E-state index contributed by atoms with van der Waals surface area (Å²) >= 11 is 1.48. The number of benzene rings is 2. The minimum Gasteiger partial charge on any atom is -0.392 e. The Labute approximate surface area is 197 Å². The molecule has 0 saturated carbocycles. The second-order valence-corrected chi connectivity index (χ2v) is 9.57. The number of aliphatic hydroxyl groups excluding tert-OH is 1. The Morgan fingerprint density at radius 2 is 2.12 bits per heavy atom. The van der Waals surface area contributed by atoms with Crippen LogP contribution in [-0.4, -0.2) is 71.2 Å². The maximum atomic E-state index is 13.3. The van der Waals surface area contributed by atoms with Gasteiger partial charge in [0.15, 0.2) is 0 Å². The molecule has 1 fully saturated rings. The zero-order valence-electron chi connectivity index (χ0n) is 18.5. The van der Waals surface area contributed by atoms with Crippen molar-refractivity contribution in [1.82, 2.24) is 9.80 Å². The molecule has 4 N–H and O–H groups in total. The smallest absolute Gasteiger partial charge is 0.248 e. The predicted molar refractivity (Wildman–Crippen MR) is 127 cm³/mol. The van der Waals surface area contributed by atoms with E-state index in [4.69, 9.17) is 5.73 Å². The van der Waals surface area contributed by atoms with Crippen LogP contribution < -0.4 is 11.1 Å². The topological polar surface area (TPSA) is 116 Å². The molecule has 2 aromatic rings. The van der Waals surface area contributed by atoms with Crippen LogP contribution in [0, 0.1) is 0 Å². The summed E-state index contributed by atoms with van der Waals surface area (Å²) in [7, 11) is 1.76. The Balaban J connectivity index is 1.55. The quantitative estimate of drug-likeness (QED) is 0.569. The minimum absolute atomic E-state index is 0.0460. The number of primary amides is 1. The van der Waals surface area contributed by atoms with Crippen molar-refractivity contribution in [3.63, 3.8) is 0 Å². The number of rotatable bonds is 7. The van der Waals surface area contributed by atoms with E-state index in [1.165, 1.54) is 11.8 Å². The van der Waals surface area contributed by atoms with Crippen LogP contribution in [0.1, 0.15) is 33.9 Å². The fourth-order valence-electron chi connectivity index (χ4n) is 4.29. The number of amides is 3. The fourth-order valence-corrected chi connectivity index (χ4v) is 5.08. The van der Waals surface area contributed by atoms with Gasteiger partial charge in [0.05, 0.1) is 30.0 Å². The Morgan fingerprint density at radius 3 is 2.85 bits per heavy atom. The molecule has 0 bridgehead atoms. The molecule has 9 heteroatoms. The number of hydrogen-bond acceptors (Lipinski definition) is 6. The Morgan fingerprint density at radius 1 is 1.30 bits per heavy atom. The summed E-state index contributed by atoms with van der Waals surface area (Å²) in [4.78, 5) is 41.5. The van der Waals surface area contributed by atoms with E-state index >= 15 is 0 Å². The van der Waals surface area contributed by atoms with Crippen LogP contribution in [0.25, 0.3) is 0 Å². The number of hydrogen-bond donors (Lipinski definition) is 3. The number of likely N-dealkylation sites (N-methyl/N-ethyl adjacent to an activating group) is 1. The van der Waals surface area contributed by atoms with E-state index in [2.05, 4.69) is 10.2 Å². The van der Waals surface area contributed by atoms with Crippen LogP contribution in [0.15, 0.2) is 47.4 Å². The summed E-state index contributed by atoms with van der Waals surface area (Å²) in [5, 5.41) is 12.8. The average molecular weight is 469 g/mol. The number of thioether (sulfide) groups is 1. The Hall–Kier alpha value is -2.88. The van der Waals surface area contributed by atoms with Gasteiger partial charge < -0.3 is 21.1 Å². The van der Waals surface area contributed by atoms with Crippen LogP contribution in [-0.2, 0) is 16.0 Å². The highest BCUT2D eigenvalue weighted by molar-refractivity contribution is 8.00. The molecule has 0 aromatic heterocycles. The number of anilines is 1. The molecule has 2 heterocycles. The fraction of sp³-hybridized carbons (Fsp3) is 0.375. The number of β-amino-alcohol motifs (C(OH)–C–C–N with tert-alkyl or cyclic N) is 1. The molecule has 0 radical (unpaired) electrons. The van der Waals surface area contributed by atoms with Gasteiger partial charge in [-0.15, -0.1) is 11.8 Å². The van der Waals surface area contributed by atoms with E-state index in [1.807, 2.05) is 24.3 Å². The molecule has 4 rings (SSSR count). The molecule has 0 spiro atoms. The van der Waals surface area contributed by atoms with E-state index in [-0.39, 0.29) is 30.4 Å². The lowest BCUT2D eigenvalue weighted by Gasteiger charge is -2.32. The van der Waals surface area contributed by atoms with Crippen molar-refractivity contribution in [3.8, 4) is 0 Å². The van der Waals surface area contributed by atoms with Gasteiger partial charge in [-0.25, -0.2) is 0 Å². The van der Waals surface area contributed by atoms with Crippen molar-refractivity contribution < 1.29 is 19.5 Å². The van der Waals surface area contributed by atoms with Gasteiger partial charge in [0.2, 0.25) is 17.7 Å². The largest absolute Gasteiger partial charge is 0.392 e. The number of carbonyl (C=O) groups excluding carboxylic acids is 3. The minimum atomic E-state index is -0.518. The summed E-state index contributed by atoms with van der Waals surface area (Å²) in [5.41, 5.74) is 8.23. The highest BCUT2D eigenvalue weighted by Crippen LogP contribution is 2.32. The first kappa shape index (κ1) is 23.3. The zero-order chi connectivity index (χ0) is 23.5. The summed E-state index contributed by atoms with van der Waals surface area (Å²) < 4.78 is 0. The number of nitrogens with zero attached hydrogens (tertiary/aromatic N) is 2. The van der Waals surface area contributed by atoms with Crippen LogP contribution >= 0.6 is 11.8 Å². The van der Waals surface area contributed by atoms with Gasteiger partial charge in [0, 0.05) is 37.1 Å². The Bertz CT molecular complexity index is 1080. The molecular weight excluding hydrogens is 440 g/mol. The van der Waals surface area contributed by atoms with Gasteiger partial charge in [-0.1, -0.05) is 18.2 Å². The lowest BCUT2D eigenvalue weighted by molar-refractivity contribution is -0.131. The average Bonchev–Trinajstić information content (AvgIpc) is 3.21. The van der Waals surface area contributed by atoms with Gasteiger partial charge in [0.1, 0.15) is 0 Å². The van der Waals surface area contributed by atoms with Crippen LogP contribution in [0.5, 0.6) is 0 Å². The number of nitrogens with two attached hydrogens (primary N) is 1. The number of carbonyl (C=O) groups is 3. The number of aliphatic hydroxyl groups is 1. The third kappa shape index (κ3) is 5.55. The van der Waals surface area contributed by atoms with Gasteiger partial charge in [-0.05, 0) is 41.8 Å². The molecule has 174 valence electrons. The molecule has 33 heavy (non-hydrogen) atoms. The third-order valence-electron chi connectivity index (χ3n) is 6.13. The summed E-state index contributed by atoms with van der Waals surface area (Å²) in [5.74, 6) is -0.255. The number of fused-ring (bicyclic) bond motifs is 1. The van der Waals surface area contributed by atoms with Crippen molar-refractivity contribution in [1.29, 1.82) is 0 Å². The molecule has 1 unspecified atom stereocenters. The van der Waals surface area contributed by atoms with E-state index in [0.717, 1.165) is 28.3 Å². The number of nitrogens with one attached hydrogen (secondary N) is 1. The Kier molecular flexibility index (Phi) is 7.02. The zero-order valence-corrected chi connectivity index (χ0v) is 19.3. The van der Waals surface area contributed by atoms with Crippen molar-refractivity contribution in [3.05, 3.63) is 59.2 Å². The van der Waals surface area contributed by atoms with Crippen LogP contribution in [0.4, 0.5) is 5.69 Å². The second-order valence-electron chi connectivity index (χ2n) is 8.56. The molecule has 2 atom stereocenters. The van der Waals surface area contributed by atoms with Crippen LogP contribution in [0.2, 0.25) is 0 Å². The van der Waals surface area contributed by atoms with Gasteiger partial charge in [-0.3, -0.25) is 19.3 Å². The summed E-state index contributed by atoms with van der Waals surface area (Å²) in [6, 6.07) is 12.4. The molecule has 2 aromatic carbocycles. The first-order valence-corrected chi connectivity index (χ1v) is 11.9. The molecular formula is C24H28N4O4S. The van der Waals surface area contributed by atoms with Gasteiger partial charge in [0.25, 0.3) is 0 Å². The van der Waals surface area contributed by atoms with Crippen molar-refractivity contribution in [2.24, 2.45) is 5.73 Å². The van der Waals surface area contributed by atoms with E-state index < -0.39 is 5.91 Å². The second kappa shape index (κ2) is 9.94. The van der Waals surface area contributed by atoms with E-state index in [0.29, 0.717) is 30.8 Å². The highest BCUT2D eigenvalue weighted by Gasteiger charge is 2.29. The lowest BCUT2D eigenvalue weighted by atomic mass is 10.0. The van der Waals surface area contributed by atoms with Gasteiger partial charge >= 0.3 is 0 Å². The van der Waals surface area contributed by atoms with E-state index in [9.17, 15) is 19.5 Å². The molecule has 1 saturated heterocycles. The normalized spacial score (nSPS) is 19.0. The van der Waals surface area contributed by atoms with Crippen LogP contribution in [0.3, 0.4) is 0 Å². The maximum absolute atomic E-state index is 13.3. The first-order chi connectivity index (χ1) is 15.8. The maximum Gasteiger partial charge on any atom is 0.248 e. The molecule has 2 aliphatic rings. The van der Waals surface area contributed by atoms with Crippen molar-refractivity contribution in [2.75, 3.05) is 37.8 Å². The highest BCUT2D eigenvalue weighted by atomic mass is 32.2. The van der Waals surface area contributed by atoms with Crippen molar-refractivity contribution >= 4 is 35.2 Å². The van der Waals surface area contributed by atoms with E-state index in [1.54, 1.807) is 30.1 Å². The lowest BCUT2D eigenvalue weighted by Crippen LogP contribution is -2.39. The van der Waals surface area contributed by atoms with Gasteiger partial charge in [-0.2, -0.15) is 0 Å². The standard InChI is InChI=1S/C24H28N4O4S/c1-27(23(31)10-15-5-6-21-19(9-15)26-22(30)14-33-21)20(13-28-8-7-18(29)12-28)16-3-2-4-17(11-16)24(25)32/h2-6,9,11,18,20,29H,7-8,10,12-14H2,1H3,(H2,25,32)(H,26,30)/t18?,20-/m1/s1. The first-order valence-electron chi connectivity index (χ1n) is 10.9. The SMILES string of the molecule is CN(C(=O)Cc1ccc2c(c1)NC(=O)CS2)[C@H](CN1CCC(O)C1)c1cccc(C(N)=O)c1. The molecule has 8 nitrogen and oxygen atoms in total. The number of likely N-dealkylation sites (tertiary alicyclic amines) is 1. The molecule has 3 amide bonds. The monoisotopic (exact) mass is 468 g/mol. The van der Waals surface area contributed by atoms with Crippen molar-refractivity contribution in [2.45, 2.75) is 29.9 Å².